The van der Waals surface area contributed by atoms with Gasteiger partial charge in [0.1, 0.15) is 5.82 Å². The molecule has 2 fully saturated rings. The molecule has 0 unspecified atom stereocenters. The molecule has 152 valence electrons. The van der Waals surface area contributed by atoms with Gasteiger partial charge in [0.05, 0.1) is 6.54 Å². The van der Waals surface area contributed by atoms with Crippen molar-refractivity contribution < 1.29 is 8.91 Å². The monoisotopic (exact) mass is 387 g/mol. The molecule has 6 nitrogen and oxygen atoms in total. The molecule has 0 N–H and O–H groups in total. The Hall–Kier alpha value is -1.83. The Morgan fingerprint density at radius 3 is 2.57 bits per heavy atom. The molecular weight excluding hydrogens is 357 g/mol. The summed E-state index contributed by atoms with van der Waals surface area (Å²) in [7, 11) is 0. The highest BCUT2D eigenvalue weighted by atomic mass is 19.1. The van der Waals surface area contributed by atoms with Crippen LogP contribution in [0.2, 0.25) is 0 Å². The van der Waals surface area contributed by atoms with E-state index in [0.29, 0.717) is 30.7 Å². The highest BCUT2D eigenvalue weighted by molar-refractivity contribution is 5.19. The van der Waals surface area contributed by atoms with Gasteiger partial charge in [-0.2, -0.15) is 4.98 Å². The van der Waals surface area contributed by atoms with Crippen LogP contribution in [-0.4, -0.2) is 76.7 Å². The van der Waals surface area contributed by atoms with Gasteiger partial charge >= 0.3 is 0 Å². The lowest BCUT2D eigenvalue weighted by atomic mass is 10.0. The fourth-order valence-electron chi connectivity index (χ4n) is 4.33. The van der Waals surface area contributed by atoms with Gasteiger partial charge in [-0.15, -0.1) is 0 Å². The topological polar surface area (TPSA) is 48.6 Å². The van der Waals surface area contributed by atoms with Gasteiger partial charge in [0.15, 0.2) is 5.82 Å². The van der Waals surface area contributed by atoms with Gasteiger partial charge in [-0.25, -0.2) is 4.39 Å². The number of nitrogens with zero attached hydrogens (tertiary/aromatic N) is 5. The zero-order valence-electron chi connectivity index (χ0n) is 16.7. The molecular formula is C21H30FN5O. The third-order valence-electron chi connectivity index (χ3n) is 6.05. The molecule has 0 radical (unpaired) electrons. The summed E-state index contributed by atoms with van der Waals surface area (Å²) in [6.45, 7) is 11.1. The first-order valence-corrected chi connectivity index (χ1v) is 10.4. The van der Waals surface area contributed by atoms with E-state index in [2.05, 4.69) is 31.8 Å². The third-order valence-corrected chi connectivity index (χ3v) is 6.05. The first-order chi connectivity index (χ1) is 13.7. The molecule has 2 aliphatic rings. The van der Waals surface area contributed by atoms with Crippen molar-refractivity contribution in [3.63, 3.8) is 0 Å². The molecule has 1 aromatic heterocycles. The van der Waals surface area contributed by atoms with Gasteiger partial charge in [-0.1, -0.05) is 24.2 Å². The molecule has 4 rings (SSSR count). The summed E-state index contributed by atoms with van der Waals surface area (Å²) in [4.78, 5) is 12.1. The van der Waals surface area contributed by atoms with Crippen LogP contribution in [0.25, 0.3) is 0 Å². The zero-order valence-corrected chi connectivity index (χ0v) is 16.7. The van der Waals surface area contributed by atoms with E-state index in [4.69, 9.17) is 4.52 Å². The van der Waals surface area contributed by atoms with Crippen molar-refractivity contribution >= 4 is 0 Å². The predicted molar refractivity (Wildman–Crippen MR) is 105 cm³/mol. The highest BCUT2D eigenvalue weighted by Gasteiger charge is 2.27. The number of piperazine rings is 1. The average molecular weight is 388 g/mol. The summed E-state index contributed by atoms with van der Waals surface area (Å²) < 4.78 is 18.7. The third kappa shape index (κ3) is 4.96. The van der Waals surface area contributed by atoms with Crippen molar-refractivity contribution in [2.24, 2.45) is 0 Å². The minimum Gasteiger partial charge on any atom is -0.338 e. The Kier molecular flexibility index (Phi) is 6.34. The maximum atomic E-state index is 13.3. The van der Waals surface area contributed by atoms with Crippen molar-refractivity contribution in [1.82, 2.24) is 24.8 Å². The summed E-state index contributed by atoms with van der Waals surface area (Å²) in [6.07, 6.45) is 2.90. The summed E-state index contributed by atoms with van der Waals surface area (Å²) >= 11 is 0. The number of likely N-dealkylation sites (N-methyl/N-ethyl adjacent to an activating group) is 1. The molecule has 0 spiro atoms. The van der Waals surface area contributed by atoms with E-state index in [1.165, 1.54) is 51.2 Å². The lowest BCUT2D eigenvalue weighted by molar-refractivity contribution is 0.0567. The number of hydrogen-bond acceptors (Lipinski definition) is 6. The minimum atomic E-state index is -0.236. The maximum absolute atomic E-state index is 13.3. The van der Waals surface area contributed by atoms with Crippen molar-refractivity contribution in [2.45, 2.75) is 38.8 Å². The smallest absolute Gasteiger partial charge is 0.240 e. The molecule has 2 aliphatic heterocycles. The van der Waals surface area contributed by atoms with Crippen LogP contribution in [-0.2, 0) is 13.0 Å². The SMILES string of the molecule is CCN1CCN(C2CCN(Cc3nc(Cc4cccc(F)c4)no3)CC2)CC1. The zero-order chi connectivity index (χ0) is 19.3. The molecule has 7 heteroatoms. The molecule has 3 heterocycles. The number of benzene rings is 1. The van der Waals surface area contributed by atoms with E-state index >= 15 is 0 Å². The summed E-state index contributed by atoms with van der Waals surface area (Å²) in [6, 6.07) is 7.25. The maximum Gasteiger partial charge on any atom is 0.240 e. The van der Waals surface area contributed by atoms with Crippen molar-refractivity contribution in [3.8, 4) is 0 Å². The van der Waals surface area contributed by atoms with Crippen LogP contribution in [0, 0.1) is 5.82 Å². The van der Waals surface area contributed by atoms with Crippen LogP contribution in [0.15, 0.2) is 28.8 Å². The molecule has 0 saturated carbocycles. The summed E-state index contributed by atoms with van der Waals surface area (Å²) in [5.74, 6) is 1.03. The highest BCUT2D eigenvalue weighted by Crippen LogP contribution is 2.20. The van der Waals surface area contributed by atoms with Gasteiger partial charge in [-0.3, -0.25) is 9.80 Å². The minimum absolute atomic E-state index is 0.236. The van der Waals surface area contributed by atoms with Crippen LogP contribution in [0.5, 0.6) is 0 Å². The van der Waals surface area contributed by atoms with E-state index in [-0.39, 0.29) is 5.82 Å². The summed E-state index contributed by atoms with van der Waals surface area (Å²) in [5, 5.41) is 4.06. The van der Waals surface area contributed by atoms with Gasteiger partial charge in [0.2, 0.25) is 5.89 Å². The Morgan fingerprint density at radius 2 is 1.86 bits per heavy atom. The Balaban J connectivity index is 1.23. The molecule has 1 aromatic carbocycles. The fourth-order valence-corrected chi connectivity index (χ4v) is 4.33. The molecule has 0 atom stereocenters. The molecule has 0 amide bonds. The Labute approximate surface area is 166 Å². The van der Waals surface area contributed by atoms with Crippen LogP contribution in [0.4, 0.5) is 4.39 Å². The second-order valence-electron chi connectivity index (χ2n) is 7.89. The number of halogens is 1. The van der Waals surface area contributed by atoms with Crippen LogP contribution in [0.3, 0.4) is 0 Å². The van der Waals surface area contributed by atoms with E-state index < -0.39 is 0 Å². The lowest BCUT2D eigenvalue weighted by Crippen LogP contribution is -2.53. The van der Waals surface area contributed by atoms with E-state index in [0.717, 1.165) is 25.2 Å². The van der Waals surface area contributed by atoms with Crippen LogP contribution < -0.4 is 0 Å². The molecule has 0 bridgehead atoms. The standard InChI is InChI=1S/C21H30FN5O/c1-2-25-10-12-27(13-11-25)19-6-8-26(9-7-19)16-21-23-20(24-28-21)15-17-4-3-5-18(22)14-17/h3-5,14,19H,2,6-13,15-16H2,1H3. The number of likely N-dealkylation sites (tertiary alicyclic amines) is 1. The van der Waals surface area contributed by atoms with Gasteiger partial charge in [0, 0.05) is 51.7 Å². The number of rotatable bonds is 6. The van der Waals surface area contributed by atoms with Gasteiger partial charge in [-0.05, 0) is 37.1 Å². The average Bonchev–Trinajstić information content (AvgIpc) is 3.15. The van der Waals surface area contributed by atoms with Crippen molar-refractivity contribution in [2.75, 3.05) is 45.8 Å². The molecule has 2 saturated heterocycles. The Morgan fingerprint density at radius 1 is 1.07 bits per heavy atom. The number of piperidine rings is 1. The predicted octanol–water partition coefficient (Wildman–Crippen LogP) is 2.40. The molecule has 0 aliphatic carbocycles. The normalized spacial score (nSPS) is 20.6. The van der Waals surface area contributed by atoms with E-state index in [9.17, 15) is 4.39 Å². The van der Waals surface area contributed by atoms with Crippen molar-refractivity contribution in [3.05, 3.63) is 47.4 Å². The number of aromatic nitrogens is 2. The fraction of sp³-hybridized carbons (Fsp3) is 0.619. The van der Waals surface area contributed by atoms with Crippen molar-refractivity contribution in [1.29, 1.82) is 0 Å². The summed E-state index contributed by atoms with van der Waals surface area (Å²) in [5.41, 5.74) is 0.858. The van der Waals surface area contributed by atoms with Gasteiger partial charge < -0.3 is 9.42 Å². The lowest BCUT2D eigenvalue weighted by Gasteiger charge is -2.42. The van der Waals surface area contributed by atoms with Crippen LogP contribution in [0.1, 0.15) is 37.0 Å². The quantitative estimate of drug-likeness (QED) is 0.759. The van der Waals surface area contributed by atoms with Gasteiger partial charge in [0.25, 0.3) is 0 Å². The Bertz CT molecular complexity index is 751. The molecule has 28 heavy (non-hydrogen) atoms. The second-order valence-corrected chi connectivity index (χ2v) is 7.89. The van der Waals surface area contributed by atoms with E-state index in [1.54, 1.807) is 6.07 Å². The first kappa shape index (κ1) is 19.5. The largest absolute Gasteiger partial charge is 0.338 e. The van der Waals surface area contributed by atoms with Crippen LogP contribution >= 0.6 is 0 Å². The van der Waals surface area contributed by atoms with E-state index in [1.807, 2.05) is 6.07 Å². The second kappa shape index (κ2) is 9.11. The first-order valence-electron chi connectivity index (χ1n) is 10.4. The number of hydrogen-bond donors (Lipinski definition) is 0. The molecule has 2 aromatic rings.